The SMILES string of the molecule is CC(C)C1CCN(c2c(CN)cnc3ccccc23)C1. The zero-order valence-corrected chi connectivity index (χ0v) is 12.3. The van der Waals surface area contributed by atoms with Crippen LogP contribution in [0.4, 0.5) is 5.69 Å². The van der Waals surface area contributed by atoms with Crippen LogP contribution in [0.3, 0.4) is 0 Å². The van der Waals surface area contributed by atoms with Gasteiger partial charge in [-0.05, 0) is 24.3 Å². The second-order valence-electron chi connectivity index (χ2n) is 6.09. The van der Waals surface area contributed by atoms with Gasteiger partial charge in [-0.2, -0.15) is 0 Å². The molecule has 0 spiro atoms. The number of anilines is 1. The van der Waals surface area contributed by atoms with E-state index in [9.17, 15) is 0 Å². The maximum atomic E-state index is 5.94. The van der Waals surface area contributed by atoms with E-state index in [1.165, 1.54) is 17.5 Å². The molecule has 1 aromatic heterocycles. The van der Waals surface area contributed by atoms with Crippen LogP contribution in [-0.4, -0.2) is 18.1 Å². The van der Waals surface area contributed by atoms with Crippen LogP contribution in [-0.2, 0) is 6.54 Å². The number of fused-ring (bicyclic) bond motifs is 1. The van der Waals surface area contributed by atoms with Crippen molar-refractivity contribution in [1.82, 2.24) is 4.98 Å². The van der Waals surface area contributed by atoms with E-state index in [1.54, 1.807) is 0 Å². The van der Waals surface area contributed by atoms with Crippen molar-refractivity contribution in [3.63, 3.8) is 0 Å². The van der Waals surface area contributed by atoms with Gasteiger partial charge in [0, 0.05) is 36.8 Å². The summed E-state index contributed by atoms with van der Waals surface area (Å²) in [4.78, 5) is 7.04. The predicted molar refractivity (Wildman–Crippen MR) is 84.8 cm³/mol. The Balaban J connectivity index is 2.05. The molecule has 2 heterocycles. The smallest absolute Gasteiger partial charge is 0.0723 e. The summed E-state index contributed by atoms with van der Waals surface area (Å²) >= 11 is 0. The van der Waals surface area contributed by atoms with Gasteiger partial charge >= 0.3 is 0 Å². The Morgan fingerprint density at radius 2 is 2.15 bits per heavy atom. The summed E-state index contributed by atoms with van der Waals surface area (Å²) in [5, 5.41) is 1.24. The first-order chi connectivity index (χ1) is 9.70. The quantitative estimate of drug-likeness (QED) is 0.930. The number of hydrogen-bond acceptors (Lipinski definition) is 3. The Morgan fingerprint density at radius 3 is 2.85 bits per heavy atom. The van der Waals surface area contributed by atoms with Crippen LogP contribution in [0.5, 0.6) is 0 Å². The van der Waals surface area contributed by atoms with Crippen LogP contribution in [0.2, 0.25) is 0 Å². The molecule has 1 fully saturated rings. The molecule has 1 aliphatic heterocycles. The molecule has 20 heavy (non-hydrogen) atoms. The summed E-state index contributed by atoms with van der Waals surface area (Å²) in [6.07, 6.45) is 3.22. The zero-order valence-electron chi connectivity index (χ0n) is 12.3. The Bertz CT molecular complexity index is 606. The van der Waals surface area contributed by atoms with E-state index >= 15 is 0 Å². The fourth-order valence-corrected chi connectivity index (χ4v) is 3.23. The molecule has 2 N–H and O–H groups in total. The molecule has 0 radical (unpaired) electrons. The van der Waals surface area contributed by atoms with E-state index in [4.69, 9.17) is 5.73 Å². The first kappa shape index (κ1) is 13.4. The predicted octanol–water partition coefficient (Wildman–Crippen LogP) is 3.18. The highest BCUT2D eigenvalue weighted by Crippen LogP contribution is 2.34. The van der Waals surface area contributed by atoms with Crippen molar-refractivity contribution in [2.75, 3.05) is 18.0 Å². The second-order valence-corrected chi connectivity index (χ2v) is 6.09. The third kappa shape index (κ3) is 2.27. The van der Waals surface area contributed by atoms with Gasteiger partial charge in [0.2, 0.25) is 0 Å². The van der Waals surface area contributed by atoms with Crippen LogP contribution in [0.1, 0.15) is 25.8 Å². The first-order valence-corrected chi connectivity index (χ1v) is 7.52. The lowest BCUT2D eigenvalue weighted by molar-refractivity contribution is 0.423. The molecule has 3 heteroatoms. The molecule has 0 bridgehead atoms. The number of para-hydroxylation sites is 1. The van der Waals surface area contributed by atoms with E-state index in [1.807, 2.05) is 12.3 Å². The van der Waals surface area contributed by atoms with Crippen LogP contribution in [0, 0.1) is 11.8 Å². The molecule has 1 unspecified atom stereocenters. The minimum atomic E-state index is 0.552. The highest BCUT2D eigenvalue weighted by atomic mass is 15.2. The molecule has 1 atom stereocenters. The number of hydrogen-bond donors (Lipinski definition) is 1. The molecule has 3 nitrogen and oxygen atoms in total. The number of nitrogens with zero attached hydrogens (tertiary/aromatic N) is 2. The van der Waals surface area contributed by atoms with E-state index in [0.29, 0.717) is 6.54 Å². The number of rotatable bonds is 3. The Kier molecular flexibility index (Phi) is 3.62. The third-order valence-electron chi connectivity index (χ3n) is 4.53. The molecule has 3 rings (SSSR count). The van der Waals surface area contributed by atoms with Gasteiger partial charge in [-0.3, -0.25) is 4.98 Å². The van der Waals surface area contributed by atoms with Crippen molar-refractivity contribution in [3.05, 3.63) is 36.0 Å². The van der Waals surface area contributed by atoms with Crippen molar-refractivity contribution in [2.45, 2.75) is 26.8 Å². The summed E-state index contributed by atoms with van der Waals surface area (Å²) in [6, 6.07) is 8.38. The average molecular weight is 269 g/mol. The molecule has 1 aromatic carbocycles. The molecule has 1 saturated heterocycles. The van der Waals surface area contributed by atoms with E-state index in [-0.39, 0.29) is 0 Å². The van der Waals surface area contributed by atoms with Crippen LogP contribution < -0.4 is 10.6 Å². The van der Waals surface area contributed by atoms with Crippen molar-refractivity contribution in [1.29, 1.82) is 0 Å². The number of benzene rings is 1. The molecule has 1 aliphatic rings. The molecule has 0 saturated carbocycles. The highest BCUT2D eigenvalue weighted by molar-refractivity contribution is 5.93. The average Bonchev–Trinajstić information content (AvgIpc) is 2.95. The van der Waals surface area contributed by atoms with E-state index in [0.717, 1.165) is 36.0 Å². The van der Waals surface area contributed by atoms with Crippen LogP contribution in [0.25, 0.3) is 10.9 Å². The second kappa shape index (κ2) is 5.41. The van der Waals surface area contributed by atoms with Crippen LogP contribution in [0.15, 0.2) is 30.5 Å². The van der Waals surface area contributed by atoms with Crippen LogP contribution >= 0.6 is 0 Å². The van der Waals surface area contributed by atoms with E-state index in [2.05, 4.69) is 41.9 Å². The molecular formula is C17H23N3. The lowest BCUT2D eigenvalue weighted by atomic mass is 9.95. The molecule has 0 amide bonds. The zero-order chi connectivity index (χ0) is 14.1. The minimum absolute atomic E-state index is 0.552. The minimum Gasteiger partial charge on any atom is -0.370 e. The Morgan fingerprint density at radius 1 is 1.35 bits per heavy atom. The summed E-state index contributed by atoms with van der Waals surface area (Å²) in [7, 11) is 0. The number of aromatic nitrogens is 1. The fraction of sp³-hybridized carbons (Fsp3) is 0.471. The van der Waals surface area contributed by atoms with Gasteiger partial charge in [0.1, 0.15) is 0 Å². The van der Waals surface area contributed by atoms with Crippen molar-refractivity contribution >= 4 is 16.6 Å². The lowest BCUT2D eigenvalue weighted by Gasteiger charge is -2.24. The van der Waals surface area contributed by atoms with E-state index < -0.39 is 0 Å². The normalized spacial score (nSPS) is 19.2. The number of pyridine rings is 1. The van der Waals surface area contributed by atoms with Gasteiger partial charge < -0.3 is 10.6 Å². The van der Waals surface area contributed by atoms with Gasteiger partial charge in [-0.1, -0.05) is 32.0 Å². The molecule has 0 aliphatic carbocycles. The van der Waals surface area contributed by atoms with Crippen molar-refractivity contribution in [2.24, 2.45) is 17.6 Å². The standard InChI is InChI=1S/C17H23N3/c1-12(2)13-7-8-20(11-13)17-14(9-18)10-19-16-6-4-3-5-15(16)17/h3-6,10,12-13H,7-9,11,18H2,1-2H3. The summed E-state index contributed by atoms with van der Waals surface area (Å²) in [5.41, 5.74) is 9.47. The maximum Gasteiger partial charge on any atom is 0.0723 e. The van der Waals surface area contributed by atoms with Gasteiger partial charge in [-0.15, -0.1) is 0 Å². The first-order valence-electron chi connectivity index (χ1n) is 7.52. The topological polar surface area (TPSA) is 42.1 Å². The molecule has 2 aromatic rings. The Hall–Kier alpha value is -1.61. The van der Waals surface area contributed by atoms with Crippen molar-refractivity contribution in [3.8, 4) is 0 Å². The Labute approximate surface area is 120 Å². The number of nitrogens with two attached hydrogens (primary N) is 1. The molecule has 106 valence electrons. The summed E-state index contributed by atoms with van der Waals surface area (Å²) < 4.78 is 0. The van der Waals surface area contributed by atoms with Gasteiger partial charge in [0.05, 0.1) is 11.2 Å². The van der Waals surface area contributed by atoms with Gasteiger partial charge in [-0.25, -0.2) is 0 Å². The third-order valence-corrected chi connectivity index (χ3v) is 4.53. The lowest BCUT2D eigenvalue weighted by Crippen LogP contribution is -2.23. The summed E-state index contributed by atoms with van der Waals surface area (Å²) in [6.45, 7) is 7.46. The fourth-order valence-electron chi connectivity index (χ4n) is 3.23. The largest absolute Gasteiger partial charge is 0.370 e. The van der Waals surface area contributed by atoms with Gasteiger partial charge in [0.15, 0.2) is 0 Å². The van der Waals surface area contributed by atoms with Gasteiger partial charge in [0.25, 0.3) is 0 Å². The molecular weight excluding hydrogens is 246 g/mol. The summed E-state index contributed by atoms with van der Waals surface area (Å²) in [5.74, 6) is 1.53. The maximum absolute atomic E-state index is 5.94. The highest BCUT2D eigenvalue weighted by Gasteiger charge is 2.27. The van der Waals surface area contributed by atoms with Crippen molar-refractivity contribution < 1.29 is 0 Å². The monoisotopic (exact) mass is 269 g/mol.